The van der Waals surface area contributed by atoms with E-state index < -0.39 is 0 Å². The molecule has 0 unspecified atom stereocenters. The number of nitrogen functional groups attached to an aromatic ring is 1. The Kier molecular flexibility index (Phi) is 4.02. The summed E-state index contributed by atoms with van der Waals surface area (Å²) in [4.78, 5) is 4.85. The van der Waals surface area contributed by atoms with E-state index in [0.29, 0.717) is 0 Å². The van der Waals surface area contributed by atoms with Gasteiger partial charge in [-0.25, -0.2) is 0 Å². The van der Waals surface area contributed by atoms with Gasteiger partial charge in [0.05, 0.1) is 0 Å². The van der Waals surface area contributed by atoms with E-state index in [1.54, 1.807) is 0 Å². The first-order valence-corrected chi connectivity index (χ1v) is 6.39. The molecule has 0 saturated carbocycles. The fraction of sp³-hybridized carbons (Fsp3) is 0.571. The Morgan fingerprint density at radius 2 is 1.88 bits per heavy atom. The number of anilines is 1. The van der Waals surface area contributed by atoms with Crippen molar-refractivity contribution in [2.45, 2.75) is 25.4 Å². The average molecular weight is 233 g/mol. The van der Waals surface area contributed by atoms with Crippen LogP contribution in [-0.4, -0.2) is 43.0 Å². The number of benzene rings is 1. The zero-order valence-corrected chi connectivity index (χ0v) is 10.9. The maximum Gasteiger partial charge on any atom is 0.0359 e. The van der Waals surface area contributed by atoms with Crippen molar-refractivity contribution >= 4 is 5.69 Å². The van der Waals surface area contributed by atoms with Crippen molar-refractivity contribution in [3.05, 3.63) is 29.8 Å². The minimum Gasteiger partial charge on any atom is -0.398 e. The highest BCUT2D eigenvalue weighted by atomic mass is 15.2. The lowest BCUT2D eigenvalue weighted by Crippen LogP contribution is -2.41. The molecule has 1 fully saturated rings. The predicted molar refractivity (Wildman–Crippen MR) is 72.8 cm³/mol. The minimum atomic E-state index is 0.749. The van der Waals surface area contributed by atoms with Gasteiger partial charge in [0.2, 0.25) is 0 Å². The second-order valence-electron chi connectivity index (χ2n) is 5.17. The molecule has 1 aromatic rings. The van der Waals surface area contributed by atoms with Gasteiger partial charge in [-0.3, -0.25) is 4.90 Å². The third-order valence-electron chi connectivity index (χ3n) is 3.74. The number of rotatable bonds is 3. The van der Waals surface area contributed by atoms with Crippen molar-refractivity contribution in [1.29, 1.82) is 0 Å². The van der Waals surface area contributed by atoms with Gasteiger partial charge in [-0.05, 0) is 51.7 Å². The molecule has 1 aromatic carbocycles. The Balaban J connectivity index is 1.88. The highest BCUT2D eigenvalue weighted by Crippen LogP contribution is 2.19. The van der Waals surface area contributed by atoms with Gasteiger partial charge < -0.3 is 10.6 Å². The summed E-state index contributed by atoms with van der Waals surface area (Å²) >= 11 is 0. The Bertz CT molecular complexity index is 354. The smallest absolute Gasteiger partial charge is 0.0359 e. The first kappa shape index (κ1) is 12.4. The van der Waals surface area contributed by atoms with Crippen LogP contribution in [0.25, 0.3) is 0 Å². The molecule has 0 amide bonds. The van der Waals surface area contributed by atoms with E-state index in [4.69, 9.17) is 5.73 Å². The number of likely N-dealkylation sites (tertiary alicyclic amines) is 1. The predicted octanol–water partition coefficient (Wildman–Crippen LogP) is 1.79. The van der Waals surface area contributed by atoms with E-state index in [0.717, 1.165) is 18.3 Å². The van der Waals surface area contributed by atoms with Crippen LogP contribution in [0.1, 0.15) is 18.4 Å². The third-order valence-corrected chi connectivity index (χ3v) is 3.74. The Morgan fingerprint density at radius 3 is 2.47 bits per heavy atom. The summed E-state index contributed by atoms with van der Waals surface area (Å²) in [5.74, 6) is 0. The molecule has 2 rings (SSSR count). The fourth-order valence-electron chi connectivity index (χ4n) is 2.51. The summed E-state index contributed by atoms with van der Waals surface area (Å²) in [6.45, 7) is 3.35. The van der Waals surface area contributed by atoms with Crippen LogP contribution >= 0.6 is 0 Å². The van der Waals surface area contributed by atoms with Gasteiger partial charge in [0.25, 0.3) is 0 Å². The molecule has 1 saturated heterocycles. The third kappa shape index (κ3) is 3.20. The van der Waals surface area contributed by atoms with Crippen LogP contribution in [0.4, 0.5) is 5.69 Å². The number of nitrogens with zero attached hydrogens (tertiary/aromatic N) is 2. The molecule has 3 nitrogen and oxygen atoms in total. The van der Waals surface area contributed by atoms with E-state index in [2.05, 4.69) is 36.0 Å². The SMILES string of the molecule is CN(C)C1CCN(Cc2ccccc2N)CC1. The number of hydrogen-bond donors (Lipinski definition) is 1. The molecular formula is C14H23N3. The molecule has 3 heteroatoms. The summed E-state index contributed by atoms with van der Waals surface area (Å²) in [6, 6.07) is 8.93. The zero-order valence-electron chi connectivity index (χ0n) is 10.9. The van der Waals surface area contributed by atoms with E-state index in [1.807, 2.05) is 12.1 Å². The second-order valence-corrected chi connectivity index (χ2v) is 5.17. The van der Waals surface area contributed by atoms with Crippen molar-refractivity contribution in [3.63, 3.8) is 0 Å². The first-order valence-electron chi connectivity index (χ1n) is 6.39. The number of para-hydroxylation sites is 1. The minimum absolute atomic E-state index is 0.749. The van der Waals surface area contributed by atoms with Gasteiger partial charge in [-0.15, -0.1) is 0 Å². The molecule has 0 atom stereocenters. The molecule has 2 N–H and O–H groups in total. The first-order chi connectivity index (χ1) is 8.16. The van der Waals surface area contributed by atoms with E-state index >= 15 is 0 Å². The maximum atomic E-state index is 5.98. The Hall–Kier alpha value is -1.06. The van der Waals surface area contributed by atoms with Crippen LogP contribution in [0.3, 0.4) is 0 Å². The molecule has 0 radical (unpaired) electrons. The lowest BCUT2D eigenvalue weighted by molar-refractivity contribution is 0.140. The van der Waals surface area contributed by atoms with Crippen molar-refractivity contribution in [2.24, 2.45) is 0 Å². The van der Waals surface area contributed by atoms with Crippen LogP contribution in [0.5, 0.6) is 0 Å². The highest BCUT2D eigenvalue weighted by molar-refractivity contribution is 5.46. The quantitative estimate of drug-likeness (QED) is 0.808. The number of hydrogen-bond acceptors (Lipinski definition) is 3. The summed E-state index contributed by atoms with van der Waals surface area (Å²) in [5, 5.41) is 0. The molecule has 0 spiro atoms. The monoisotopic (exact) mass is 233 g/mol. The molecule has 1 heterocycles. The lowest BCUT2D eigenvalue weighted by Gasteiger charge is -2.35. The van der Waals surface area contributed by atoms with E-state index in [9.17, 15) is 0 Å². The van der Waals surface area contributed by atoms with Gasteiger partial charge >= 0.3 is 0 Å². The molecule has 0 aliphatic carbocycles. The fourth-order valence-corrected chi connectivity index (χ4v) is 2.51. The molecule has 0 aromatic heterocycles. The summed E-state index contributed by atoms with van der Waals surface area (Å²) in [6.07, 6.45) is 2.53. The zero-order chi connectivity index (χ0) is 12.3. The standard InChI is InChI=1S/C14H23N3/c1-16(2)13-7-9-17(10-8-13)11-12-5-3-4-6-14(12)15/h3-6,13H,7-11,15H2,1-2H3. The maximum absolute atomic E-state index is 5.98. The number of piperidine rings is 1. The van der Waals surface area contributed by atoms with Gasteiger partial charge in [-0.2, -0.15) is 0 Å². The summed E-state index contributed by atoms with van der Waals surface area (Å²) in [5.41, 5.74) is 8.16. The average Bonchev–Trinajstić information content (AvgIpc) is 2.33. The van der Waals surface area contributed by atoms with Crippen molar-refractivity contribution in [1.82, 2.24) is 9.80 Å². The molecule has 0 bridgehead atoms. The Morgan fingerprint density at radius 1 is 1.24 bits per heavy atom. The van der Waals surface area contributed by atoms with Gasteiger partial charge in [0.1, 0.15) is 0 Å². The molecule has 1 aliphatic rings. The second kappa shape index (κ2) is 5.52. The number of nitrogens with two attached hydrogens (primary N) is 1. The van der Waals surface area contributed by atoms with Crippen LogP contribution in [0.15, 0.2) is 24.3 Å². The molecular weight excluding hydrogens is 210 g/mol. The Labute approximate surface area is 104 Å². The van der Waals surface area contributed by atoms with Gasteiger partial charge in [0, 0.05) is 18.3 Å². The van der Waals surface area contributed by atoms with Crippen molar-refractivity contribution in [2.75, 3.05) is 32.9 Å². The van der Waals surface area contributed by atoms with Crippen LogP contribution in [-0.2, 0) is 6.54 Å². The normalized spacial score (nSPS) is 18.8. The topological polar surface area (TPSA) is 32.5 Å². The summed E-state index contributed by atoms with van der Waals surface area (Å²) in [7, 11) is 4.35. The lowest BCUT2D eigenvalue weighted by atomic mass is 10.0. The van der Waals surface area contributed by atoms with Crippen LogP contribution in [0.2, 0.25) is 0 Å². The molecule has 94 valence electrons. The van der Waals surface area contributed by atoms with Gasteiger partial charge in [0.15, 0.2) is 0 Å². The van der Waals surface area contributed by atoms with Crippen molar-refractivity contribution in [3.8, 4) is 0 Å². The van der Waals surface area contributed by atoms with E-state index in [1.165, 1.54) is 31.5 Å². The molecule has 17 heavy (non-hydrogen) atoms. The molecule has 1 aliphatic heterocycles. The van der Waals surface area contributed by atoms with Crippen molar-refractivity contribution < 1.29 is 0 Å². The largest absolute Gasteiger partial charge is 0.398 e. The highest BCUT2D eigenvalue weighted by Gasteiger charge is 2.20. The van der Waals surface area contributed by atoms with Crippen LogP contribution in [0, 0.1) is 0 Å². The summed E-state index contributed by atoms with van der Waals surface area (Å²) < 4.78 is 0. The van der Waals surface area contributed by atoms with E-state index in [-0.39, 0.29) is 0 Å². The van der Waals surface area contributed by atoms with Crippen LogP contribution < -0.4 is 5.73 Å². The van der Waals surface area contributed by atoms with Gasteiger partial charge in [-0.1, -0.05) is 18.2 Å².